The molecule has 2 aromatic carbocycles. The van der Waals surface area contributed by atoms with Gasteiger partial charge in [0.2, 0.25) is 0 Å². The van der Waals surface area contributed by atoms with E-state index >= 15 is 0 Å². The van der Waals surface area contributed by atoms with Gasteiger partial charge in [0.1, 0.15) is 16.7 Å². The molecule has 2 aliphatic heterocycles. The number of fused-ring (bicyclic) bond motifs is 4. The van der Waals surface area contributed by atoms with Crippen molar-refractivity contribution in [1.29, 1.82) is 0 Å². The molecule has 0 radical (unpaired) electrons. The van der Waals surface area contributed by atoms with Crippen LogP contribution in [0.2, 0.25) is 0 Å². The van der Waals surface area contributed by atoms with Crippen LogP contribution in [0.25, 0.3) is 10.1 Å². The zero-order valence-corrected chi connectivity index (χ0v) is 16.0. The summed E-state index contributed by atoms with van der Waals surface area (Å²) in [5.41, 5.74) is 2.65. The topological polar surface area (TPSA) is 30.9 Å². The molecule has 1 fully saturated rings. The Hall–Kier alpha value is -2.44. The molecule has 6 heteroatoms. The van der Waals surface area contributed by atoms with Crippen LogP contribution in [0.1, 0.15) is 12.5 Å². The number of aliphatic imine (C=N–C) groups is 1. The molecule has 5 rings (SSSR count). The molecule has 0 atom stereocenters. The monoisotopic (exact) mass is 380 g/mol. The Bertz CT molecular complexity index is 1030. The third kappa shape index (κ3) is 2.89. The van der Waals surface area contributed by atoms with Gasteiger partial charge in [-0.1, -0.05) is 25.1 Å². The summed E-state index contributed by atoms with van der Waals surface area (Å²) < 4.78 is 15.1. The number of thiophene rings is 1. The number of halogens is 1. The standard InChI is InChI=1S/C21H21FN4S/c1-2-25-9-11-26(12-10-25)20-19-15-5-3-4-6-18(15)27-21(19)24-17-13-14(22)7-8-16(17)23-20/h3-8,13,24H,2,9-12H2,1H3. The van der Waals surface area contributed by atoms with Gasteiger partial charge in [-0.2, -0.15) is 0 Å². The molecule has 0 aliphatic carbocycles. The largest absolute Gasteiger partial charge is 0.353 e. The van der Waals surface area contributed by atoms with Gasteiger partial charge in [-0.05, 0) is 30.8 Å². The highest BCUT2D eigenvalue weighted by molar-refractivity contribution is 7.23. The highest BCUT2D eigenvalue weighted by Gasteiger charge is 2.27. The first-order valence-corrected chi connectivity index (χ1v) is 10.2. The third-order valence-electron chi connectivity index (χ3n) is 5.37. The summed E-state index contributed by atoms with van der Waals surface area (Å²) in [6, 6.07) is 13.2. The molecule has 3 aromatic rings. The first kappa shape index (κ1) is 16.7. The van der Waals surface area contributed by atoms with E-state index < -0.39 is 0 Å². The molecule has 0 unspecified atom stereocenters. The van der Waals surface area contributed by atoms with Gasteiger partial charge >= 0.3 is 0 Å². The van der Waals surface area contributed by atoms with Crippen molar-refractivity contribution < 1.29 is 4.39 Å². The van der Waals surface area contributed by atoms with E-state index in [1.807, 2.05) is 0 Å². The van der Waals surface area contributed by atoms with E-state index in [9.17, 15) is 4.39 Å². The van der Waals surface area contributed by atoms with Crippen molar-refractivity contribution in [3.8, 4) is 0 Å². The van der Waals surface area contributed by atoms with Gasteiger partial charge in [-0.15, -0.1) is 11.3 Å². The van der Waals surface area contributed by atoms with Gasteiger partial charge in [0.05, 0.1) is 16.9 Å². The van der Waals surface area contributed by atoms with Gasteiger partial charge < -0.3 is 15.1 Å². The predicted molar refractivity (Wildman–Crippen MR) is 111 cm³/mol. The van der Waals surface area contributed by atoms with Crippen molar-refractivity contribution in [3.05, 3.63) is 53.8 Å². The second-order valence-corrected chi connectivity index (χ2v) is 8.00. The van der Waals surface area contributed by atoms with Crippen LogP contribution in [-0.4, -0.2) is 48.4 Å². The van der Waals surface area contributed by atoms with Crippen molar-refractivity contribution >= 4 is 43.6 Å². The number of likely N-dealkylation sites (N-methyl/N-ethyl adjacent to an activating group) is 1. The fourth-order valence-electron chi connectivity index (χ4n) is 3.86. The molecule has 0 bridgehead atoms. The van der Waals surface area contributed by atoms with E-state index in [-0.39, 0.29) is 5.82 Å². The van der Waals surface area contributed by atoms with Crippen LogP contribution in [0.3, 0.4) is 0 Å². The summed E-state index contributed by atoms with van der Waals surface area (Å²) >= 11 is 1.70. The second-order valence-electron chi connectivity index (χ2n) is 6.95. The minimum absolute atomic E-state index is 0.251. The summed E-state index contributed by atoms with van der Waals surface area (Å²) in [5.74, 6) is 0.746. The number of anilines is 2. The molecule has 0 amide bonds. The molecule has 138 valence electrons. The summed E-state index contributed by atoms with van der Waals surface area (Å²) in [7, 11) is 0. The van der Waals surface area contributed by atoms with Crippen molar-refractivity contribution in [2.75, 3.05) is 38.0 Å². The number of amidine groups is 1. The number of nitrogens with zero attached hydrogens (tertiary/aromatic N) is 3. The number of benzene rings is 2. The van der Waals surface area contributed by atoms with E-state index in [1.165, 1.54) is 22.2 Å². The zero-order valence-electron chi connectivity index (χ0n) is 15.2. The average Bonchev–Trinajstić information content (AvgIpc) is 2.97. The van der Waals surface area contributed by atoms with E-state index in [2.05, 4.69) is 46.3 Å². The molecule has 27 heavy (non-hydrogen) atoms. The van der Waals surface area contributed by atoms with E-state index in [0.29, 0.717) is 0 Å². The fourth-order valence-corrected chi connectivity index (χ4v) is 4.97. The van der Waals surface area contributed by atoms with Crippen LogP contribution < -0.4 is 5.32 Å². The minimum Gasteiger partial charge on any atom is -0.353 e. The number of hydrogen-bond donors (Lipinski definition) is 1. The number of piperazine rings is 1. The second kappa shape index (κ2) is 6.62. The first-order chi connectivity index (χ1) is 13.2. The average molecular weight is 380 g/mol. The molecule has 1 N–H and O–H groups in total. The van der Waals surface area contributed by atoms with Crippen molar-refractivity contribution in [1.82, 2.24) is 9.80 Å². The summed E-state index contributed by atoms with van der Waals surface area (Å²) in [6.07, 6.45) is 0. The van der Waals surface area contributed by atoms with Crippen LogP contribution in [0, 0.1) is 5.82 Å². The normalized spacial score (nSPS) is 17.1. The van der Waals surface area contributed by atoms with Gasteiger partial charge in [0.25, 0.3) is 0 Å². The maximum Gasteiger partial charge on any atom is 0.140 e. The van der Waals surface area contributed by atoms with Crippen molar-refractivity contribution in [2.45, 2.75) is 6.92 Å². The van der Waals surface area contributed by atoms with E-state index in [0.717, 1.165) is 60.5 Å². The van der Waals surface area contributed by atoms with Crippen LogP contribution in [0.5, 0.6) is 0 Å². The Labute approximate surface area is 161 Å². The van der Waals surface area contributed by atoms with Crippen LogP contribution in [0.4, 0.5) is 20.8 Å². The third-order valence-corrected chi connectivity index (χ3v) is 6.46. The minimum atomic E-state index is -0.251. The molecule has 2 aliphatic rings. The van der Waals surface area contributed by atoms with Crippen molar-refractivity contribution in [2.24, 2.45) is 4.99 Å². The highest BCUT2D eigenvalue weighted by atomic mass is 32.1. The Kier molecular flexibility index (Phi) is 4.10. The molecule has 4 nitrogen and oxygen atoms in total. The lowest BCUT2D eigenvalue weighted by Crippen LogP contribution is -2.48. The highest BCUT2D eigenvalue weighted by Crippen LogP contribution is 2.43. The van der Waals surface area contributed by atoms with Gasteiger partial charge in [0, 0.05) is 36.3 Å². The summed E-state index contributed by atoms with van der Waals surface area (Å²) in [5, 5.41) is 5.69. The lowest BCUT2D eigenvalue weighted by Gasteiger charge is -2.36. The Morgan fingerprint density at radius 1 is 1.11 bits per heavy atom. The quantitative estimate of drug-likeness (QED) is 0.657. The van der Waals surface area contributed by atoms with E-state index in [4.69, 9.17) is 4.99 Å². The lowest BCUT2D eigenvalue weighted by molar-refractivity contribution is 0.190. The van der Waals surface area contributed by atoms with Crippen LogP contribution in [0.15, 0.2) is 47.5 Å². The Balaban J connectivity index is 1.68. The van der Waals surface area contributed by atoms with E-state index in [1.54, 1.807) is 17.4 Å². The summed E-state index contributed by atoms with van der Waals surface area (Å²) in [4.78, 5) is 9.86. The molecular formula is C21H21FN4S. The Morgan fingerprint density at radius 3 is 2.74 bits per heavy atom. The Morgan fingerprint density at radius 2 is 1.93 bits per heavy atom. The molecule has 3 heterocycles. The van der Waals surface area contributed by atoms with Crippen molar-refractivity contribution in [3.63, 3.8) is 0 Å². The van der Waals surface area contributed by atoms with Gasteiger partial charge in [0.15, 0.2) is 0 Å². The first-order valence-electron chi connectivity index (χ1n) is 9.37. The SMILES string of the molecule is CCN1CCN(C2=Nc3ccc(F)cc3Nc3sc4ccccc4c32)CC1. The molecule has 1 aromatic heterocycles. The molecule has 0 saturated carbocycles. The number of rotatable bonds is 1. The smallest absolute Gasteiger partial charge is 0.140 e. The molecule has 1 saturated heterocycles. The summed E-state index contributed by atoms with van der Waals surface area (Å²) in [6.45, 7) is 7.27. The lowest BCUT2D eigenvalue weighted by atomic mass is 10.1. The number of hydrogen-bond acceptors (Lipinski definition) is 5. The molecule has 0 spiro atoms. The fraction of sp³-hybridized carbons (Fsp3) is 0.286. The maximum absolute atomic E-state index is 13.8. The van der Waals surface area contributed by atoms with Crippen LogP contribution in [-0.2, 0) is 0 Å². The maximum atomic E-state index is 13.8. The van der Waals surface area contributed by atoms with Crippen LogP contribution >= 0.6 is 11.3 Å². The van der Waals surface area contributed by atoms with Gasteiger partial charge in [-0.25, -0.2) is 9.38 Å². The van der Waals surface area contributed by atoms with Gasteiger partial charge in [-0.3, -0.25) is 0 Å². The predicted octanol–water partition coefficient (Wildman–Crippen LogP) is 4.81. The number of nitrogens with one attached hydrogen (secondary N) is 1. The molecular weight excluding hydrogens is 359 g/mol. The zero-order chi connectivity index (χ0) is 18.4.